The van der Waals surface area contributed by atoms with E-state index in [4.69, 9.17) is 5.21 Å². The van der Waals surface area contributed by atoms with Gasteiger partial charge in [0.25, 0.3) is 0 Å². The summed E-state index contributed by atoms with van der Waals surface area (Å²) in [5.41, 5.74) is 3.49. The molecule has 0 atom stereocenters. The first kappa shape index (κ1) is 13.7. The largest absolute Gasteiger partial charge is 0.411 e. The number of para-hydroxylation sites is 2. The smallest absolute Gasteiger partial charge is 0.0886 e. The van der Waals surface area contributed by atoms with E-state index in [0.29, 0.717) is 5.71 Å². The van der Waals surface area contributed by atoms with Crippen molar-refractivity contribution in [3.8, 4) is 0 Å². The highest BCUT2D eigenvalue weighted by atomic mass is 16.4. The highest BCUT2D eigenvalue weighted by Crippen LogP contribution is 2.04. The number of aromatic nitrogens is 2. The number of hydrogen-bond acceptors (Lipinski definition) is 4. The van der Waals surface area contributed by atoms with Gasteiger partial charge in [0.2, 0.25) is 0 Å². The van der Waals surface area contributed by atoms with Crippen LogP contribution in [0.4, 0.5) is 0 Å². The lowest BCUT2D eigenvalue weighted by Gasteiger charge is -1.94. The Balaban J connectivity index is 0.000000147. The number of nitrogens with zero attached hydrogens (tertiary/aromatic N) is 3. The van der Waals surface area contributed by atoms with Crippen molar-refractivity contribution in [3.05, 3.63) is 72.6 Å². The van der Waals surface area contributed by atoms with Gasteiger partial charge in [0.15, 0.2) is 0 Å². The summed E-state index contributed by atoms with van der Waals surface area (Å²) in [6.45, 7) is 1.76. The number of rotatable bonds is 1. The predicted octanol–water partition coefficient (Wildman–Crippen LogP) is 3.51. The standard InChI is InChI=1S/C8H6N2.C8H9NO/c1-2-4-8-7(3-1)9-5-6-10-8;1-7(9-10)8-5-3-2-4-6-8/h1-6H;2-6,10H,1H3. The Labute approximate surface area is 117 Å². The van der Waals surface area contributed by atoms with Gasteiger partial charge in [0.05, 0.1) is 16.7 Å². The van der Waals surface area contributed by atoms with Crippen molar-refractivity contribution in [2.24, 2.45) is 5.16 Å². The molecule has 0 aliphatic heterocycles. The Kier molecular flexibility index (Phi) is 4.78. The number of benzene rings is 2. The summed E-state index contributed by atoms with van der Waals surface area (Å²) < 4.78 is 0. The van der Waals surface area contributed by atoms with E-state index in [0.717, 1.165) is 16.6 Å². The van der Waals surface area contributed by atoms with Gasteiger partial charge in [-0.3, -0.25) is 9.97 Å². The lowest BCUT2D eigenvalue weighted by molar-refractivity contribution is 0.319. The summed E-state index contributed by atoms with van der Waals surface area (Å²) >= 11 is 0. The van der Waals surface area contributed by atoms with Gasteiger partial charge in [-0.05, 0) is 24.6 Å². The van der Waals surface area contributed by atoms with Crippen molar-refractivity contribution in [1.29, 1.82) is 0 Å². The van der Waals surface area contributed by atoms with Crippen LogP contribution in [0, 0.1) is 0 Å². The van der Waals surface area contributed by atoms with Gasteiger partial charge < -0.3 is 5.21 Å². The van der Waals surface area contributed by atoms with Gasteiger partial charge in [0.1, 0.15) is 0 Å². The molecule has 0 fully saturated rings. The highest BCUT2D eigenvalue weighted by Gasteiger charge is 1.92. The highest BCUT2D eigenvalue weighted by molar-refractivity contribution is 5.98. The average molecular weight is 265 g/mol. The van der Waals surface area contributed by atoms with Crippen molar-refractivity contribution in [3.63, 3.8) is 0 Å². The van der Waals surface area contributed by atoms with Crippen LogP contribution >= 0.6 is 0 Å². The lowest BCUT2D eigenvalue weighted by Crippen LogP contribution is -1.92. The van der Waals surface area contributed by atoms with Gasteiger partial charge in [-0.25, -0.2) is 0 Å². The molecule has 4 heteroatoms. The van der Waals surface area contributed by atoms with Crippen LogP contribution < -0.4 is 0 Å². The van der Waals surface area contributed by atoms with E-state index in [-0.39, 0.29) is 0 Å². The summed E-state index contributed by atoms with van der Waals surface area (Å²) in [7, 11) is 0. The van der Waals surface area contributed by atoms with E-state index in [1.807, 2.05) is 54.6 Å². The van der Waals surface area contributed by atoms with Crippen LogP contribution in [-0.2, 0) is 0 Å². The summed E-state index contributed by atoms with van der Waals surface area (Å²) in [6.07, 6.45) is 3.39. The van der Waals surface area contributed by atoms with Gasteiger partial charge in [-0.15, -0.1) is 0 Å². The van der Waals surface area contributed by atoms with E-state index < -0.39 is 0 Å². The third kappa shape index (κ3) is 3.62. The van der Waals surface area contributed by atoms with Gasteiger partial charge in [-0.1, -0.05) is 47.6 Å². The molecule has 0 amide bonds. The minimum absolute atomic E-state index is 0.639. The Bertz CT molecular complexity index is 631. The van der Waals surface area contributed by atoms with Crippen LogP contribution in [0.25, 0.3) is 11.0 Å². The summed E-state index contributed by atoms with van der Waals surface area (Å²) in [5, 5.41) is 11.5. The molecule has 0 unspecified atom stereocenters. The minimum atomic E-state index is 0.639. The third-order valence-electron chi connectivity index (χ3n) is 2.72. The van der Waals surface area contributed by atoms with E-state index in [1.165, 1.54) is 0 Å². The Morgan fingerprint density at radius 1 is 0.850 bits per heavy atom. The molecule has 2 aromatic carbocycles. The molecule has 100 valence electrons. The van der Waals surface area contributed by atoms with Gasteiger partial charge in [-0.2, -0.15) is 0 Å². The van der Waals surface area contributed by atoms with Gasteiger partial charge >= 0.3 is 0 Å². The van der Waals surface area contributed by atoms with Gasteiger partial charge in [0, 0.05) is 12.4 Å². The van der Waals surface area contributed by atoms with E-state index in [2.05, 4.69) is 15.1 Å². The predicted molar refractivity (Wildman–Crippen MR) is 80.0 cm³/mol. The Morgan fingerprint density at radius 3 is 1.85 bits per heavy atom. The fourth-order valence-corrected chi connectivity index (χ4v) is 1.65. The van der Waals surface area contributed by atoms with Crippen LogP contribution in [0.2, 0.25) is 0 Å². The maximum Gasteiger partial charge on any atom is 0.0886 e. The molecule has 0 aliphatic carbocycles. The molecule has 1 heterocycles. The van der Waals surface area contributed by atoms with Crippen LogP contribution in [0.15, 0.2) is 72.1 Å². The molecular formula is C16H15N3O. The molecule has 0 radical (unpaired) electrons. The van der Waals surface area contributed by atoms with Crippen LogP contribution in [0.3, 0.4) is 0 Å². The zero-order valence-corrected chi connectivity index (χ0v) is 11.1. The molecule has 1 aromatic heterocycles. The summed E-state index contributed by atoms with van der Waals surface area (Å²) in [5.74, 6) is 0. The SMILES string of the molecule is CC(=NO)c1ccccc1.c1ccc2nccnc2c1. The molecule has 0 spiro atoms. The van der Waals surface area contributed by atoms with Crippen LogP contribution in [0.1, 0.15) is 12.5 Å². The third-order valence-corrected chi connectivity index (χ3v) is 2.72. The zero-order chi connectivity index (χ0) is 14.2. The van der Waals surface area contributed by atoms with Crippen molar-refractivity contribution in [2.45, 2.75) is 6.92 Å². The number of hydrogen-bond donors (Lipinski definition) is 1. The van der Waals surface area contributed by atoms with Crippen molar-refractivity contribution in [2.75, 3.05) is 0 Å². The van der Waals surface area contributed by atoms with Crippen molar-refractivity contribution >= 4 is 16.7 Å². The number of fused-ring (bicyclic) bond motifs is 1. The van der Waals surface area contributed by atoms with E-state index in [9.17, 15) is 0 Å². The van der Waals surface area contributed by atoms with Crippen LogP contribution in [-0.4, -0.2) is 20.9 Å². The maximum atomic E-state index is 8.38. The molecule has 3 rings (SSSR count). The second-order valence-electron chi connectivity index (χ2n) is 4.10. The van der Waals surface area contributed by atoms with Crippen LogP contribution in [0.5, 0.6) is 0 Å². The second kappa shape index (κ2) is 6.99. The monoisotopic (exact) mass is 265 g/mol. The minimum Gasteiger partial charge on any atom is -0.411 e. The molecule has 0 saturated heterocycles. The summed E-state index contributed by atoms with van der Waals surface area (Å²) in [4.78, 5) is 8.24. The second-order valence-corrected chi connectivity index (χ2v) is 4.10. The first-order valence-corrected chi connectivity index (χ1v) is 6.21. The molecule has 20 heavy (non-hydrogen) atoms. The van der Waals surface area contributed by atoms with Crippen molar-refractivity contribution in [1.82, 2.24) is 9.97 Å². The maximum absolute atomic E-state index is 8.38. The summed E-state index contributed by atoms with van der Waals surface area (Å²) in [6, 6.07) is 17.3. The molecular weight excluding hydrogens is 250 g/mol. The fraction of sp³-hybridized carbons (Fsp3) is 0.0625. The molecule has 0 aliphatic rings. The van der Waals surface area contributed by atoms with E-state index >= 15 is 0 Å². The zero-order valence-electron chi connectivity index (χ0n) is 11.1. The topological polar surface area (TPSA) is 58.4 Å². The molecule has 4 nitrogen and oxygen atoms in total. The quantitative estimate of drug-likeness (QED) is 0.416. The first-order chi connectivity index (χ1) is 9.81. The molecule has 0 bridgehead atoms. The Hall–Kier alpha value is -2.75. The number of oxime groups is 1. The molecule has 1 N–H and O–H groups in total. The average Bonchev–Trinajstić information content (AvgIpc) is 2.55. The first-order valence-electron chi connectivity index (χ1n) is 6.21. The normalized spacial score (nSPS) is 10.8. The fourth-order valence-electron chi connectivity index (χ4n) is 1.65. The van der Waals surface area contributed by atoms with E-state index in [1.54, 1.807) is 19.3 Å². The van der Waals surface area contributed by atoms with Crippen molar-refractivity contribution < 1.29 is 5.21 Å². The Morgan fingerprint density at radius 2 is 1.35 bits per heavy atom. The molecule has 3 aromatic rings. The lowest BCUT2D eigenvalue weighted by atomic mass is 10.1. The molecule has 0 saturated carbocycles.